The molecule has 4 aromatic heterocycles. The van der Waals surface area contributed by atoms with E-state index in [-0.39, 0.29) is 11.4 Å². The molecule has 10 nitrogen and oxygen atoms in total. The average Bonchev–Trinajstić information content (AvgIpc) is 3.49. The number of methoxy groups -OCH3 is 1. The number of fused-ring (bicyclic) bond motifs is 1. The van der Waals surface area contributed by atoms with Crippen LogP contribution in [-0.4, -0.2) is 48.3 Å². The average molecular weight is 541 g/mol. The molecule has 0 amide bonds. The van der Waals surface area contributed by atoms with Crippen LogP contribution in [0, 0.1) is 30.1 Å². The normalized spacial score (nSPS) is 24.9. The molecule has 0 aromatic carbocycles. The third kappa shape index (κ3) is 3.96. The molecular weight excluding hydrogens is 508 g/mol. The highest BCUT2D eigenvalue weighted by molar-refractivity contribution is 6.03. The lowest BCUT2D eigenvalue weighted by atomic mass is 9.49. The van der Waals surface area contributed by atoms with E-state index in [0.717, 1.165) is 35.6 Å². The van der Waals surface area contributed by atoms with Gasteiger partial charge in [0, 0.05) is 35.8 Å². The number of rotatable bonds is 7. The van der Waals surface area contributed by atoms with Crippen molar-refractivity contribution >= 4 is 29.2 Å². The van der Waals surface area contributed by atoms with Gasteiger partial charge in [-0.2, -0.15) is 5.10 Å². The van der Waals surface area contributed by atoms with Crippen LogP contribution < -0.4 is 5.32 Å². The van der Waals surface area contributed by atoms with Gasteiger partial charge >= 0.3 is 11.9 Å². The van der Waals surface area contributed by atoms with Gasteiger partial charge in [-0.25, -0.2) is 19.6 Å². The molecule has 0 unspecified atom stereocenters. The Labute approximate surface area is 231 Å². The quantitative estimate of drug-likeness (QED) is 0.301. The molecule has 0 spiro atoms. The minimum atomic E-state index is -1.09. The molecule has 4 aliphatic rings. The molecule has 4 aliphatic carbocycles. The zero-order chi connectivity index (χ0) is 27.6. The number of esters is 1. The molecule has 4 heterocycles. The fourth-order valence-electron chi connectivity index (χ4n) is 8.14. The first-order valence-corrected chi connectivity index (χ1v) is 13.9. The Morgan fingerprint density at radius 1 is 1.07 bits per heavy atom. The molecule has 4 saturated carbocycles. The van der Waals surface area contributed by atoms with E-state index >= 15 is 0 Å². The molecule has 0 radical (unpaired) electrons. The monoisotopic (exact) mass is 540 g/mol. The Balaban J connectivity index is 1.25. The number of carbonyl (C=O) groups is 2. The van der Waals surface area contributed by atoms with Gasteiger partial charge in [-0.1, -0.05) is 0 Å². The van der Waals surface area contributed by atoms with Gasteiger partial charge in [-0.3, -0.25) is 9.08 Å². The van der Waals surface area contributed by atoms with Crippen LogP contribution in [0.2, 0.25) is 0 Å². The van der Waals surface area contributed by atoms with Crippen LogP contribution in [-0.2, 0) is 11.3 Å². The molecule has 4 bridgehead atoms. The van der Waals surface area contributed by atoms with Crippen LogP contribution in [0.1, 0.15) is 64.9 Å². The van der Waals surface area contributed by atoms with Gasteiger partial charge in [0.1, 0.15) is 22.8 Å². The third-order valence-electron chi connectivity index (χ3n) is 9.40. The summed E-state index contributed by atoms with van der Waals surface area (Å²) in [6, 6.07) is 4.90. The number of imidazole rings is 1. The topological polar surface area (TPSA) is 124 Å². The SMILES string of the molecule is COC(=O)c1c(-c2cnn(CC34CC5CC(CC(C5)C3)C4)c2C)ccn2c(Nc3ncccc3C(=O)O)cnc12. The van der Waals surface area contributed by atoms with Crippen molar-refractivity contribution in [3.05, 3.63) is 59.8 Å². The number of nitrogens with one attached hydrogen (secondary N) is 1. The van der Waals surface area contributed by atoms with Crippen LogP contribution in [0.5, 0.6) is 0 Å². The van der Waals surface area contributed by atoms with Crippen molar-refractivity contribution in [1.29, 1.82) is 0 Å². The third-order valence-corrected chi connectivity index (χ3v) is 9.40. The standard InChI is InChI=1S/C30H32N6O4/c1-17-23(14-33-36(17)16-30-11-18-8-19(12-30)10-20(9-18)13-30)21-5-7-35-24(15-32-27(35)25(21)29(39)40-2)34-26-22(28(37)38)4-3-6-31-26/h3-7,14-15,18-20H,8-13,16H2,1-2H3,(H,31,34)(H,37,38). The maximum atomic E-state index is 13.1. The lowest BCUT2D eigenvalue weighted by Crippen LogP contribution is -2.48. The Morgan fingerprint density at radius 2 is 1.80 bits per heavy atom. The van der Waals surface area contributed by atoms with Gasteiger partial charge in [0.2, 0.25) is 0 Å². The number of ether oxygens (including phenoxy) is 1. The van der Waals surface area contributed by atoms with Gasteiger partial charge in [0.25, 0.3) is 0 Å². The number of carboxylic acid groups (broad SMARTS) is 1. The van der Waals surface area contributed by atoms with Crippen LogP contribution in [0.25, 0.3) is 16.8 Å². The Hall–Kier alpha value is -4.21. The second-order valence-electron chi connectivity index (χ2n) is 12.0. The first-order chi connectivity index (χ1) is 19.3. The first kappa shape index (κ1) is 24.8. The second kappa shape index (κ2) is 9.18. The highest BCUT2D eigenvalue weighted by Crippen LogP contribution is 2.60. The minimum Gasteiger partial charge on any atom is -0.478 e. The number of anilines is 2. The number of nitrogens with zero attached hydrogens (tertiary/aromatic N) is 5. The van der Waals surface area contributed by atoms with E-state index in [0.29, 0.717) is 28.0 Å². The lowest BCUT2D eigenvalue weighted by molar-refractivity contribution is -0.0638. The summed E-state index contributed by atoms with van der Waals surface area (Å²) in [7, 11) is 1.36. The van der Waals surface area contributed by atoms with E-state index in [1.165, 1.54) is 57.9 Å². The molecule has 40 heavy (non-hydrogen) atoms. The van der Waals surface area contributed by atoms with Gasteiger partial charge < -0.3 is 15.2 Å². The summed E-state index contributed by atoms with van der Waals surface area (Å²) >= 11 is 0. The van der Waals surface area contributed by atoms with Crippen molar-refractivity contribution < 1.29 is 19.4 Å². The summed E-state index contributed by atoms with van der Waals surface area (Å²) in [6.45, 7) is 2.99. The fraction of sp³-hybridized carbons (Fsp3) is 0.433. The number of hydrogen-bond acceptors (Lipinski definition) is 7. The molecule has 2 N–H and O–H groups in total. The summed E-state index contributed by atoms with van der Waals surface area (Å²) in [5.74, 6) is 1.67. The minimum absolute atomic E-state index is 0.0318. The predicted octanol–water partition coefficient (Wildman–Crippen LogP) is 5.35. The number of carbonyl (C=O) groups excluding carboxylic acids is 1. The van der Waals surface area contributed by atoms with E-state index in [2.05, 4.69) is 26.9 Å². The summed E-state index contributed by atoms with van der Waals surface area (Å²) in [5, 5.41) is 17.4. The zero-order valence-electron chi connectivity index (χ0n) is 22.6. The van der Waals surface area contributed by atoms with Gasteiger partial charge in [-0.15, -0.1) is 0 Å². The largest absolute Gasteiger partial charge is 0.478 e. The first-order valence-electron chi connectivity index (χ1n) is 13.9. The van der Waals surface area contributed by atoms with E-state index in [1.807, 2.05) is 18.5 Å². The van der Waals surface area contributed by atoms with Crippen molar-refractivity contribution in [2.45, 2.75) is 52.0 Å². The second-order valence-corrected chi connectivity index (χ2v) is 12.0. The summed E-state index contributed by atoms with van der Waals surface area (Å²) < 4.78 is 9.03. The van der Waals surface area contributed by atoms with E-state index in [4.69, 9.17) is 9.84 Å². The number of aromatic nitrogens is 5. The summed E-state index contributed by atoms with van der Waals surface area (Å²) in [6.07, 6.45) is 14.9. The molecular formula is C30H32N6O4. The van der Waals surface area contributed by atoms with Crippen molar-refractivity contribution in [2.24, 2.45) is 23.2 Å². The Kier molecular flexibility index (Phi) is 5.69. The van der Waals surface area contributed by atoms with Crippen molar-refractivity contribution in [2.75, 3.05) is 12.4 Å². The van der Waals surface area contributed by atoms with E-state index in [1.54, 1.807) is 16.7 Å². The van der Waals surface area contributed by atoms with Crippen LogP contribution in [0.3, 0.4) is 0 Å². The highest BCUT2D eigenvalue weighted by Gasteiger charge is 2.51. The van der Waals surface area contributed by atoms with Crippen molar-refractivity contribution in [3.8, 4) is 11.1 Å². The fourth-order valence-corrected chi connectivity index (χ4v) is 8.14. The van der Waals surface area contributed by atoms with Crippen molar-refractivity contribution in [3.63, 3.8) is 0 Å². The number of hydrogen-bond donors (Lipinski definition) is 2. The smallest absolute Gasteiger partial charge is 0.342 e. The molecule has 4 fully saturated rings. The molecule has 10 heteroatoms. The van der Waals surface area contributed by atoms with Gasteiger partial charge in [-0.05, 0) is 86.8 Å². The molecule has 0 aliphatic heterocycles. The summed E-state index contributed by atoms with van der Waals surface area (Å²) in [4.78, 5) is 33.5. The Bertz CT molecular complexity index is 1620. The number of pyridine rings is 2. The molecule has 4 aromatic rings. The molecule has 0 saturated heterocycles. The number of aromatic carboxylic acids is 1. The van der Waals surface area contributed by atoms with E-state index < -0.39 is 11.9 Å². The maximum Gasteiger partial charge on any atom is 0.342 e. The Morgan fingerprint density at radius 3 is 2.48 bits per heavy atom. The predicted molar refractivity (Wildman–Crippen MR) is 148 cm³/mol. The molecule has 206 valence electrons. The van der Waals surface area contributed by atoms with E-state index in [9.17, 15) is 14.7 Å². The molecule has 8 rings (SSSR count). The van der Waals surface area contributed by atoms with Gasteiger partial charge in [0.15, 0.2) is 5.65 Å². The van der Waals surface area contributed by atoms with Crippen LogP contribution in [0.15, 0.2) is 43.0 Å². The van der Waals surface area contributed by atoms with Crippen molar-refractivity contribution in [1.82, 2.24) is 24.1 Å². The van der Waals surface area contributed by atoms with Crippen LogP contribution >= 0.6 is 0 Å². The summed E-state index contributed by atoms with van der Waals surface area (Å²) in [5.41, 5.74) is 3.70. The number of carboxylic acids is 1. The maximum absolute atomic E-state index is 13.1. The lowest BCUT2D eigenvalue weighted by Gasteiger charge is -2.56. The zero-order valence-corrected chi connectivity index (χ0v) is 22.6. The molecule has 0 atom stereocenters. The highest BCUT2D eigenvalue weighted by atomic mass is 16.5. The van der Waals surface area contributed by atoms with Gasteiger partial charge in [0.05, 0.1) is 19.5 Å². The van der Waals surface area contributed by atoms with Crippen LogP contribution in [0.4, 0.5) is 11.6 Å².